The fourth-order valence-corrected chi connectivity index (χ4v) is 7.01. The molecule has 2 aliphatic heterocycles. The molecule has 9 heteroatoms. The third-order valence-electron chi connectivity index (χ3n) is 8.85. The smallest absolute Gasteiger partial charge is 0.387 e. The van der Waals surface area contributed by atoms with Crippen LogP contribution in [0.1, 0.15) is 74.6 Å². The summed E-state index contributed by atoms with van der Waals surface area (Å²) in [7, 11) is 1.45. The number of hydrogen-bond donors (Lipinski definition) is 0. The van der Waals surface area contributed by atoms with Crippen molar-refractivity contribution in [2.24, 2.45) is 11.8 Å². The standard InChI is InChI=1S/C30H35Cl2F2NO4/c1-17(28(36)37-3)26(20-5-6-20)21-7-4-19-8-9-30(39-25(19)14-21)10-12-35(13-11-30)18(2)23-15-22(31)16-24(32)27(23)38-29(33)34/h4,7,14-18,20,26,29H,5-6,8-13H2,1-3H3/t17-,18?,26-/m0/s1. The van der Waals surface area contributed by atoms with Crippen molar-refractivity contribution in [3.63, 3.8) is 0 Å². The molecule has 0 radical (unpaired) electrons. The highest BCUT2D eigenvalue weighted by atomic mass is 35.5. The van der Waals surface area contributed by atoms with E-state index in [0.29, 0.717) is 16.5 Å². The molecular formula is C30H35Cl2F2NO4. The van der Waals surface area contributed by atoms with E-state index >= 15 is 0 Å². The lowest BCUT2D eigenvalue weighted by Gasteiger charge is -2.46. The third kappa shape index (κ3) is 6.01. The van der Waals surface area contributed by atoms with Crippen LogP contribution in [-0.4, -0.2) is 43.3 Å². The van der Waals surface area contributed by atoms with Crippen LogP contribution in [0.5, 0.6) is 11.5 Å². The van der Waals surface area contributed by atoms with Gasteiger partial charge in [-0.3, -0.25) is 9.69 Å². The monoisotopic (exact) mass is 581 g/mol. The first-order chi connectivity index (χ1) is 18.6. The molecule has 2 aromatic rings. The molecule has 1 saturated carbocycles. The summed E-state index contributed by atoms with van der Waals surface area (Å²) >= 11 is 12.4. The number of alkyl halides is 2. The first-order valence-corrected chi connectivity index (χ1v) is 14.4. The summed E-state index contributed by atoms with van der Waals surface area (Å²) in [4.78, 5) is 14.6. The number of benzene rings is 2. The average Bonchev–Trinajstić information content (AvgIpc) is 3.74. The van der Waals surface area contributed by atoms with Crippen molar-refractivity contribution >= 4 is 29.2 Å². The predicted molar refractivity (Wildman–Crippen MR) is 147 cm³/mol. The maximum absolute atomic E-state index is 13.1. The molecule has 2 aromatic carbocycles. The normalized spacial score (nSPS) is 21.1. The topological polar surface area (TPSA) is 48.0 Å². The van der Waals surface area contributed by atoms with Crippen LogP contribution in [0.15, 0.2) is 30.3 Å². The molecule has 3 atom stereocenters. The lowest BCUT2D eigenvalue weighted by Crippen LogP contribution is -2.50. The van der Waals surface area contributed by atoms with Crippen LogP contribution in [0.3, 0.4) is 0 Å². The number of esters is 1. The molecule has 1 unspecified atom stereocenters. The molecule has 1 aliphatic carbocycles. The van der Waals surface area contributed by atoms with Crippen molar-refractivity contribution in [3.05, 3.63) is 57.1 Å². The number of carbonyl (C=O) groups is 1. The summed E-state index contributed by atoms with van der Waals surface area (Å²) in [5, 5.41) is 0.457. The first-order valence-electron chi connectivity index (χ1n) is 13.7. The Morgan fingerprint density at radius 1 is 1.10 bits per heavy atom. The van der Waals surface area contributed by atoms with Gasteiger partial charge in [-0.2, -0.15) is 8.78 Å². The summed E-state index contributed by atoms with van der Waals surface area (Å²) in [6.07, 6.45) is 5.74. The second-order valence-electron chi connectivity index (χ2n) is 11.2. The number of halogens is 4. The van der Waals surface area contributed by atoms with Gasteiger partial charge in [0.25, 0.3) is 0 Å². The lowest BCUT2D eigenvalue weighted by atomic mass is 9.80. The fourth-order valence-electron chi connectivity index (χ4n) is 6.46. The molecule has 212 valence electrons. The van der Waals surface area contributed by atoms with E-state index in [4.69, 9.17) is 37.4 Å². The number of piperidine rings is 1. The predicted octanol–water partition coefficient (Wildman–Crippen LogP) is 7.82. The van der Waals surface area contributed by atoms with E-state index in [0.717, 1.165) is 62.9 Å². The second kappa shape index (κ2) is 11.4. The van der Waals surface area contributed by atoms with Crippen molar-refractivity contribution in [1.82, 2.24) is 4.90 Å². The minimum absolute atomic E-state index is 0.0226. The van der Waals surface area contributed by atoms with Crippen molar-refractivity contribution in [3.8, 4) is 11.5 Å². The van der Waals surface area contributed by atoms with Crippen molar-refractivity contribution in [2.45, 2.75) is 76.5 Å². The average molecular weight is 583 g/mol. The molecule has 2 fully saturated rings. The Labute approximate surface area is 238 Å². The van der Waals surface area contributed by atoms with Crippen molar-refractivity contribution in [2.75, 3.05) is 20.2 Å². The minimum atomic E-state index is -2.98. The fraction of sp³-hybridized carbons (Fsp3) is 0.567. The SMILES string of the molecule is COC(=O)[C@@H](C)[C@H](c1ccc2c(c1)OC1(CC2)CCN(C(C)c2cc(Cl)cc(Cl)c2OC(F)F)CC1)C1CC1. The zero-order chi connectivity index (χ0) is 27.9. The van der Waals surface area contributed by atoms with Gasteiger partial charge in [0.2, 0.25) is 0 Å². The van der Waals surface area contributed by atoms with Crippen molar-refractivity contribution < 1.29 is 27.8 Å². The van der Waals surface area contributed by atoms with Crippen LogP contribution in [0.2, 0.25) is 10.0 Å². The highest BCUT2D eigenvalue weighted by Gasteiger charge is 2.43. The molecule has 1 saturated heterocycles. The zero-order valence-corrected chi connectivity index (χ0v) is 24.0. The van der Waals surface area contributed by atoms with Gasteiger partial charge in [0.1, 0.15) is 17.1 Å². The van der Waals surface area contributed by atoms with Crippen LogP contribution >= 0.6 is 23.2 Å². The van der Waals surface area contributed by atoms with Gasteiger partial charge >= 0.3 is 12.6 Å². The maximum Gasteiger partial charge on any atom is 0.387 e. The molecule has 0 bridgehead atoms. The molecule has 0 aromatic heterocycles. The summed E-state index contributed by atoms with van der Waals surface area (Å²) in [6, 6.07) is 9.32. The first kappa shape index (κ1) is 28.4. The summed E-state index contributed by atoms with van der Waals surface area (Å²) in [5.41, 5.74) is 2.61. The molecule has 3 aliphatic rings. The van der Waals surface area contributed by atoms with E-state index in [2.05, 4.69) is 23.1 Å². The van der Waals surface area contributed by atoms with E-state index < -0.39 is 6.61 Å². The largest absolute Gasteiger partial charge is 0.487 e. The lowest BCUT2D eigenvalue weighted by molar-refractivity contribution is -0.145. The Balaban J connectivity index is 1.31. The number of rotatable bonds is 8. The van der Waals surface area contributed by atoms with Gasteiger partial charge in [-0.05, 0) is 86.6 Å². The highest BCUT2D eigenvalue weighted by Crippen LogP contribution is 2.49. The number of methoxy groups -OCH3 is 1. The van der Waals surface area contributed by atoms with Crippen LogP contribution in [0, 0.1) is 11.8 Å². The number of ether oxygens (including phenoxy) is 3. The number of fused-ring (bicyclic) bond motifs is 1. The van der Waals surface area contributed by atoms with Crippen LogP contribution in [0.25, 0.3) is 0 Å². The van der Waals surface area contributed by atoms with Gasteiger partial charge in [-0.25, -0.2) is 0 Å². The number of likely N-dealkylation sites (tertiary alicyclic amines) is 1. The molecule has 39 heavy (non-hydrogen) atoms. The Morgan fingerprint density at radius 3 is 2.46 bits per heavy atom. The van der Waals surface area contributed by atoms with Crippen LogP contribution < -0.4 is 9.47 Å². The van der Waals surface area contributed by atoms with Crippen molar-refractivity contribution in [1.29, 1.82) is 0 Å². The zero-order valence-electron chi connectivity index (χ0n) is 22.5. The minimum Gasteiger partial charge on any atom is -0.487 e. The van der Waals surface area contributed by atoms with Gasteiger partial charge in [-0.15, -0.1) is 0 Å². The van der Waals surface area contributed by atoms with Gasteiger partial charge < -0.3 is 14.2 Å². The molecular weight excluding hydrogens is 547 g/mol. The third-order valence-corrected chi connectivity index (χ3v) is 9.34. The quantitative estimate of drug-likeness (QED) is 0.297. The van der Waals surface area contributed by atoms with Crippen LogP contribution in [0.4, 0.5) is 8.78 Å². The molecule has 0 N–H and O–H groups in total. The molecule has 2 heterocycles. The summed E-state index contributed by atoms with van der Waals surface area (Å²) in [6.45, 7) is 2.41. The molecule has 5 rings (SSSR count). The van der Waals surface area contributed by atoms with Gasteiger partial charge in [-0.1, -0.05) is 42.3 Å². The van der Waals surface area contributed by atoms with Gasteiger partial charge in [0.05, 0.1) is 18.1 Å². The molecule has 5 nitrogen and oxygen atoms in total. The Hall–Kier alpha value is -2.09. The van der Waals surface area contributed by atoms with E-state index in [1.165, 1.54) is 18.7 Å². The van der Waals surface area contributed by atoms with E-state index in [1.54, 1.807) is 6.07 Å². The van der Waals surface area contributed by atoms with E-state index in [1.807, 2.05) is 13.8 Å². The maximum atomic E-state index is 13.1. The van der Waals surface area contributed by atoms with Gasteiger partial charge in [0.15, 0.2) is 0 Å². The Kier molecular flexibility index (Phi) is 8.33. The van der Waals surface area contributed by atoms with E-state index in [9.17, 15) is 13.6 Å². The Bertz CT molecular complexity index is 1210. The van der Waals surface area contributed by atoms with Gasteiger partial charge in [0, 0.05) is 29.7 Å². The summed E-state index contributed by atoms with van der Waals surface area (Å²) in [5.74, 6) is 1.13. The van der Waals surface area contributed by atoms with E-state index in [-0.39, 0.29) is 40.2 Å². The summed E-state index contributed by atoms with van der Waals surface area (Å²) < 4.78 is 42.8. The second-order valence-corrected chi connectivity index (χ2v) is 12.1. The number of hydrogen-bond acceptors (Lipinski definition) is 5. The molecule has 1 spiro atoms. The highest BCUT2D eigenvalue weighted by molar-refractivity contribution is 6.35. The van der Waals surface area contributed by atoms with Crippen LogP contribution in [-0.2, 0) is 16.0 Å². The Morgan fingerprint density at radius 2 is 1.82 bits per heavy atom. The number of aryl methyl sites for hydroxylation is 1. The molecule has 0 amide bonds. The number of carbonyl (C=O) groups excluding carboxylic acids is 1. The number of nitrogens with zero attached hydrogens (tertiary/aromatic N) is 1.